The third kappa shape index (κ3) is 4.13. The van der Waals surface area contributed by atoms with E-state index >= 15 is 0 Å². The summed E-state index contributed by atoms with van der Waals surface area (Å²) in [5, 5.41) is 5.82. The second-order valence-corrected chi connectivity index (χ2v) is 8.89. The van der Waals surface area contributed by atoms with Gasteiger partial charge in [-0.05, 0) is 36.8 Å². The van der Waals surface area contributed by atoms with E-state index in [0.717, 1.165) is 26.7 Å². The fourth-order valence-corrected chi connectivity index (χ4v) is 4.87. The van der Waals surface area contributed by atoms with Crippen LogP contribution in [0.3, 0.4) is 0 Å². The average molecular weight is 468 g/mol. The molecule has 4 aromatic rings. The van der Waals surface area contributed by atoms with Crippen molar-refractivity contribution < 1.29 is 14.4 Å². The lowest BCUT2D eigenvalue weighted by molar-refractivity contribution is -0.116. The molecule has 1 N–H and O–H groups in total. The Morgan fingerprint density at radius 2 is 1.50 bits per heavy atom. The van der Waals surface area contributed by atoms with Gasteiger partial charge in [0.1, 0.15) is 5.01 Å². The molecular weight excluding hydrogens is 446 g/mol. The summed E-state index contributed by atoms with van der Waals surface area (Å²) in [4.78, 5) is 43.2. The highest BCUT2D eigenvalue weighted by Gasteiger charge is 2.34. The van der Waals surface area contributed by atoms with Crippen molar-refractivity contribution in [1.29, 1.82) is 0 Å². The summed E-state index contributed by atoms with van der Waals surface area (Å²) in [6, 6.07) is 22.3. The largest absolute Gasteiger partial charge is 0.326 e. The average Bonchev–Trinajstić information content (AvgIpc) is 3.43. The lowest BCUT2D eigenvalue weighted by atomic mass is 10.1. The number of benzene rings is 3. The summed E-state index contributed by atoms with van der Waals surface area (Å²) >= 11 is 1.60. The van der Waals surface area contributed by atoms with Crippen LogP contribution in [-0.2, 0) is 4.79 Å². The minimum atomic E-state index is -0.355. The first kappa shape index (κ1) is 21.7. The molecule has 1 aliphatic rings. The van der Waals surface area contributed by atoms with Gasteiger partial charge in [0.05, 0.1) is 16.8 Å². The molecule has 3 amide bonds. The number of nitrogens with zero attached hydrogens (tertiary/aromatic N) is 2. The van der Waals surface area contributed by atoms with Crippen LogP contribution in [0.2, 0.25) is 0 Å². The van der Waals surface area contributed by atoms with Gasteiger partial charge in [0.25, 0.3) is 11.8 Å². The molecule has 6 nitrogen and oxygen atoms in total. The monoisotopic (exact) mass is 467 g/mol. The molecule has 0 saturated carbocycles. The second kappa shape index (κ2) is 9.03. The lowest BCUT2D eigenvalue weighted by Crippen LogP contribution is -2.32. The van der Waals surface area contributed by atoms with Gasteiger partial charge in [0.2, 0.25) is 5.91 Å². The van der Waals surface area contributed by atoms with E-state index in [-0.39, 0.29) is 30.7 Å². The smallest absolute Gasteiger partial charge is 0.261 e. The molecule has 5 rings (SSSR count). The van der Waals surface area contributed by atoms with E-state index in [1.807, 2.05) is 41.8 Å². The van der Waals surface area contributed by atoms with Gasteiger partial charge in [-0.2, -0.15) is 0 Å². The molecule has 1 aromatic heterocycles. The Bertz CT molecular complexity index is 1370. The molecule has 1 aliphatic heterocycles. The van der Waals surface area contributed by atoms with Crippen LogP contribution < -0.4 is 5.32 Å². The molecular formula is C27H21N3O3S. The zero-order valence-electron chi connectivity index (χ0n) is 18.4. The van der Waals surface area contributed by atoms with Crippen LogP contribution in [0, 0.1) is 6.92 Å². The highest BCUT2D eigenvalue weighted by atomic mass is 32.1. The van der Waals surface area contributed by atoms with Crippen LogP contribution in [0.1, 0.15) is 32.7 Å². The fourth-order valence-electron chi connectivity index (χ4n) is 3.95. The zero-order valence-corrected chi connectivity index (χ0v) is 19.3. The number of aromatic nitrogens is 1. The molecule has 0 spiro atoms. The van der Waals surface area contributed by atoms with Gasteiger partial charge in [0.15, 0.2) is 0 Å². The number of amides is 3. The van der Waals surface area contributed by atoms with Crippen molar-refractivity contribution in [2.45, 2.75) is 13.3 Å². The van der Waals surface area contributed by atoms with Crippen LogP contribution >= 0.6 is 11.3 Å². The number of hydrogen-bond donors (Lipinski definition) is 1. The van der Waals surface area contributed by atoms with Gasteiger partial charge in [-0.1, -0.05) is 48.5 Å². The van der Waals surface area contributed by atoms with Crippen LogP contribution in [-0.4, -0.2) is 34.2 Å². The first-order chi connectivity index (χ1) is 16.5. The highest BCUT2D eigenvalue weighted by molar-refractivity contribution is 7.13. The van der Waals surface area contributed by atoms with Crippen molar-refractivity contribution >= 4 is 34.7 Å². The van der Waals surface area contributed by atoms with Crippen molar-refractivity contribution in [3.63, 3.8) is 0 Å². The van der Waals surface area contributed by atoms with Gasteiger partial charge < -0.3 is 5.32 Å². The van der Waals surface area contributed by atoms with E-state index in [1.165, 1.54) is 5.56 Å². The number of rotatable bonds is 6. The first-order valence-corrected chi connectivity index (χ1v) is 11.8. The van der Waals surface area contributed by atoms with Crippen molar-refractivity contribution in [1.82, 2.24) is 9.88 Å². The maximum atomic E-state index is 12.4. The minimum Gasteiger partial charge on any atom is -0.326 e. The van der Waals surface area contributed by atoms with Crippen molar-refractivity contribution in [3.05, 3.63) is 94.9 Å². The Hall–Kier alpha value is -4.10. The summed E-state index contributed by atoms with van der Waals surface area (Å²) < 4.78 is 0. The van der Waals surface area contributed by atoms with E-state index in [1.54, 1.807) is 35.6 Å². The van der Waals surface area contributed by atoms with Crippen LogP contribution in [0.4, 0.5) is 5.69 Å². The van der Waals surface area contributed by atoms with Crippen molar-refractivity contribution in [2.75, 3.05) is 11.9 Å². The zero-order chi connectivity index (χ0) is 23.7. The summed E-state index contributed by atoms with van der Waals surface area (Å²) in [5.41, 5.74) is 5.56. The standard InChI is InChI=1S/C27H21N3O3S/c1-17-6-2-3-7-20(17)25-29-23(16-34-25)18-10-12-19(13-11-18)28-24(31)14-15-30-26(32)21-8-4-5-9-22(21)27(30)33/h2-13,16H,14-15H2,1H3,(H,28,31). The maximum absolute atomic E-state index is 12.4. The summed E-state index contributed by atoms with van der Waals surface area (Å²) in [6.45, 7) is 2.11. The van der Waals surface area contributed by atoms with Crippen LogP contribution in [0.15, 0.2) is 78.2 Å². The lowest BCUT2D eigenvalue weighted by Gasteiger charge is -2.13. The second-order valence-electron chi connectivity index (χ2n) is 8.04. The number of imide groups is 1. The van der Waals surface area contributed by atoms with Crippen LogP contribution in [0.25, 0.3) is 21.8 Å². The number of anilines is 1. The van der Waals surface area contributed by atoms with Gasteiger partial charge in [-0.15, -0.1) is 11.3 Å². The topological polar surface area (TPSA) is 79.4 Å². The molecule has 0 bridgehead atoms. The SMILES string of the molecule is Cc1ccccc1-c1nc(-c2ccc(NC(=O)CCN3C(=O)c4ccccc4C3=O)cc2)cs1. The molecule has 0 unspecified atom stereocenters. The number of nitrogens with one attached hydrogen (secondary N) is 1. The third-order valence-electron chi connectivity index (χ3n) is 5.78. The molecule has 0 radical (unpaired) electrons. The Morgan fingerprint density at radius 3 is 2.15 bits per heavy atom. The Labute approximate surface area is 200 Å². The predicted octanol–water partition coefficient (Wildman–Crippen LogP) is 5.41. The quantitative estimate of drug-likeness (QED) is 0.385. The number of carbonyl (C=O) groups excluding carboxylic acids is 3. The number of thiazole rings is 1. The fraction of sp³-hybridized carbons (Fsp3) is 0.111. The van der Waals surface area contributed by atoms with E-state index in [2.05, 4.69) is 24.4 Å². The number of fused-ring (bicyclic) bond motifs is 1. The summed E-state index contributed by atoms with van der Waals surface area (Å²) in [7, 11) is 0. The van der Waals surface area contributed by atoms with Crippen LogP contribution in [0.5, 0.6) is 0 Å². The van der Waals surface area contributed by atoms with Gasteiger partial charge in [-0.25, -0.2) is 4.98 Å². The van der Waals surface area contributed by atoms with Gasteiger partial charge >= 0.3 is 0 Å². The Kier molecular flexibility index (Phi) is 5.77. The Balaban J connectivity index is 1.20. The van der Waals surface area contributed by atoms with E-state index in [4.69, 9.17) is 4.98 Å². The predicted molar refractivity (Wildman–Crippen MR) is 133 cm³/mol. The van der Waals surface area contributed by atoms with Crippen molar-refractivity contribution in [2.24, 2.45) is 0 Å². The van der Waals surface area contributed by atoms with E-state index in [0.29, 0.717) is 16.8 Å². The summed E-state index contributed by atoms with van der Waals surface area (Å²) in [5.74, 6) is -0.975. The summed E-state index contributed by atoms with van der Waals surface area (Å²) in [6.07, 6.45) is 0.0269. The third-order valence-corrected chi connectivity index (χ3v) is 6.66. The van der Waals surface area contributed by atoms with E-state index in [9.17, 15) is 14.4 Å². The van der Waals surface area contributed by atoms with Gasteiger partial charge in [0, 0.05) is 35.2 Å². The molecule has 34 heavy (non-hydrogen) atoms. The molecule has 0 atom stereocenters. The molecule has 0 aliphatic carbocycles. The normalized spacial score (nSPS) is 12.7. The molecule has 3 aromatic carbocycles. The number of aryl methyl sites for hydroxylation is 1. The molecule has 2 heterocycles. The number of hydrogen-bond acceptors (Lipinski definition) is 5. The molecule has 7 heteroatoms. The molecule has 0 fully saturated rings. The first-order valence-electron chi connectivity index (χ1n) is 10.9. The highest BCUT2D eigenvalue weighted by Crippen LogP contribution is 2.31. The van der Waals surface area contributed by atoms with Crippen molar-refractivity contribution in [3.8, 4) is 21.8 Å². The molecule has 168 valence electrons. The van der Waals surface area contributed by atoms with E-state index < -0.39 is 0 Å². The maximum Gasteiger partial charge on any atom is 0.261 e. The Morgan fingerprint density at radius 1 is 0.882 bits per heavy atom. The minimum absolute atomic E-state index is 0.0269. The number of carbonyl (C=O) groups is 3. The van der Waals surface area contributed by atoms with Gasteiger partial charge in [-0.3, -0.25) is 19.3 Å². The molecule has 0 saturated heterocycles.